The average Bonchev–Trinajstić information content (AvgIpc) is 2.55. The van der Waals surface area contributed by atoms with Crippen LogP contribution in [0.1, 0.15) is 38.5 Å². The SMILES string of the molecule is O=C(O)CCNC(=O)Nc1cccc(S(=O)(=O)C2CCCCC2)c1. The topological polar surface area (TPSA) is 113 Å². The fourth-order valence-corrected chi connectivity index (χ4v) is 4.68. The minimum absolute atomic E-state index is 0.00122. The van der Waals surface area contributed by atoms with E-state index in [4.69, 9.17) is 5.11 Å². The van der Waals surface area contributed by atoms with Gasteiger partial charge in [-0.25, -0.2) is 13.2 Å². The summed E-state index contributed by atoms with van der Waals surface area (Å²) in [6, 6.07) is 5.60. The minimum atomic E-state index is -3.40. The van der Waals surface area contributed by atoms with Crippen molar-refractivity contribution >= 4 is 27.5 Å². The highest BCUT2D eigenvalue weighted by Gasteiger charge is 2.29. The maximum absolute atomic E-state index is 12.7. The van der Waals surface area contributed by atoms with Crippen LogP contribution >= 0.6 is 0 Å². The van der Waals surface area contributed by atoms with Crippen molar-refractivity contribution in [3.05, 3.63) is 24.3 Å². The Labute approximate surface area is 141 Å². The van der Waals surface area contributed by atoms with Crippen LogP contribution in [0.15, 0.2) is 29.2 Å². The van der Waals surface area contributed by atoms with Crippen LogP contribution in [0.5, 0.6) is 0 Å². The van der Waals surface area contributed by atoms with Crippen molar-refractivity contribution in [3.8, 4) is 0 Å². The van der Waals surface area contributed by atoms with Crippen molar-refractivity contribution in [2.75, 3.05) is 11.9 Å². The first-order valence-corrected chi connectivity index (χ1v) is 9.55. The van der Waals surface area contributed by atoms with E-state index in [1.807, 2.05) is 0 Å². The molecule has 0 saturated heterocycles. The maximum atomic E-state index is 12.7. The van der Waals surface area contributed by atoms with Crippen LogP contribution in [0.2, 0.25) is 0 Å². The van der Waals surface area contributed by atoms with E-state index < -0.39 is 21.8 Å². The van der Waals surface area contributed by atoms with Gasteiger partial charge in [0.1, 0.15) is 0 Å². The summed E-state index contributed by atoms with van der Waals surface area (Å²) in [7, 11) is -3.40. The molecule has 1 aromatic rings. The molecule has 0 radical (unpaired) electrons. The number of hydrogen-bond acceptors (Lipinski definition) is 4. The van der Waals surface area contributed by atoms with Crippen LogP contribution in [-0.4, -0.2) is 37.3 Å². The van der Waals surface area contributed by atoms with E-state index in [1.54, 1.807) is 12.1 Å². The van der Waals surface area contributed by atoms with Crippen LogP contribution in [0.25, 0.3) is 0 Å². The van der Waals surface area contributed by atoms with Crippen molar-refractivity contribution in [2.24, 2.45) is 0 Å². The first kappa shape index (κ1) is 18.3. The zero-order valence-electron chi connectivity index (χ0n) is 13.3. The molecular weight excluding hydrogens is 332 g/mol. The maximum Gasteiger partial charge on any atom is 0.319 e. The largest absolute Gasteiger partial charge is 0.481 e. The van der Waals surface area contributed by atoms with Crippen LogP contribution in [0.3, 0.4) is 0 Å². The molecule has 0 aliphatic heterocycles. The molecule has 3 N–H and O–H groups in total. The number of carboxylic acid groups (broad SMARTS) is 1. The van der Waals surface area contributed by atoms with Crippen LogP contribution in [-0.2, 0) is 14.6 Å². The summed E-state index contributed by atoms with van der Waals surface area (Å²) in [4.78, 5) is 22.3. The lowest BCUT2D eigenvalue weighted by Gasteiger charge is -2.22. The van der Waals surface area contributed by atoms with Gasteiger partial charge in [-0.2, -0.15) is 0 Å². The second-order valence-electron chi connectivity index (χ2n) is 5.86. The lowest BCUT2D eigenvalue weighted by atomic mass is 10.0. The van der Waals surface area contributed by atoms with Crippen LogP contribution in [0, 0.1) is 0 Å². The van der Waals surface area contributed by atoms with Gasteiger partial charge in [-0.1, -0.05) is 25.3 Å². The highest BCUT2D eigenvalue weighted by atomic mass is 32.2. The quantitative estimate of drug-likeness (QED) is 0.726. The zero-order valence-corrected chi connectivity index (χ0v) is 14.1. The lowest BCUT2D eigenvalue weighted by molar-refractivity contribution is -0.136. The van der Waals surface area contributed by atoms with Crippen molar-refractivity contribution in [1.29, 1.82) is 0 Å². The predicted molar refractivity (Wildman–Crippen MR) is 89.8 cm³/mol. The summed E-state index contributed by atoms with van der Waals surface area (Å²) in [5.74, 6) is -1.00. The highest BCUT2D eigenvalue weighted by molar-refractivity contribution is 7.92. The average molecular weight is 354 g/mol. The number of rotatable bonds is 6. The lowest BCUT2D eigenvalue weighted by Crippen LogP contribution is -2.30. The van der Waals surface area contributed by atoms with E-state index in [-0.39, 0.29) is 23.1 Å². The number of urea groups is 1. The summed E-state index contributed by atoms with van der Waals surface area (Å²) in [6.45, 7) is 0.00122. The summed E-state index contributed by atoms with van der Waals surface area (Å²) < 4.78 is 25.4. The van der Waals surface area contributed by atoms with Crippen molar-refractivity contribution < 1.29 is 23.1 Å². The molecule has 0 heterocycles. The van der Waals surface area contributed by atoms with E-state index in [0.717, 1.165) is 19.3 Å². The van der Waals surface area contributed by atoms with Gasteiger partial charge in [0, 0.05) is 12.2 Å². The Balaban J connectivity index is 2.02. The Hall–Kier alpha value is -2.09. The number of sulfone groups is 1. The first-order chi connectivity index (χ1) is 11.4. The number of nitrogens with one attached hydrogen (secondary N) is 2. The van der Waals surface area contributed by atoms with Gasteiger partial charge in [0.2, 0.25) is 0 Å². The smallest absolute Gasteiger partial charge is 0.319 e. The van der Waals surface area contributed by atoms with Crippen molar-refractivity contribution in [3.63, 3.8) is 0 Å². The second-order valence-corrected chi connectivity index (χ2v) is 8.09. The van der Waals surface area contributed by atoms with Gasteiger partial charge in [0.25, 0.3) is 0 Å². The Kier molecular flexibility index (Phi) is 6.19. The molecule has 0 bridgehead atoms. The number of benzene rings is 1. The van der Waals surface area contributed by atoms with Crippen LogP contribution < -0.4 is 10.6 Å². The Morgan fingerprint density at radius 1 is 1.17 bits per heavy atom. The fourth-order valence-electron chi connectivity index (χ4n) is 2.78. The van der Waals surface area contributed by atoms with Gasteiger partial charge >= 0.3 is 12.0 Å². The molecule has 8 heteroatoms. The number of carbonyl (C=O) groups excluding carboxylic acids is 1. The van der Waals surface area contributed by atoms with E-state index in [9.17, 15) is 18.0 Å². The zero-order chi connectivity index (χ0) is 17.6. The molecule has 1 saturated carbocycles. The third-order valence-electron chi connectivity index (χ3n) is 4.04. The van der Waals surface area contributed by atoms with Gasteiger partial charge in [-0.05, 0) is 31.0 Å². The molecule has 132 valence electrons. The third kappa shape index (κ3) is 4.95. The molecule has 0 atom stereocenters. The standard InChI is InChI=1S/C16H22N2O5S/c19-15(20)9-10-17-16(21)18-12-5-4-8-14(11-12)24(22,23)13-6-2-1-3-7-13/h4-5,8,11,13H,1-3,6-7,9-10H2,(H,19,20)(H2,17,18,21). The molecule has 0 unspecified atom stereocenters. The van der Waals surface area contributed by atoms with E-state index in [2.05, 4.69) is 10.6 Å². The third-order valence-corrected chi connectivity index (χ3v) is 6.30. The van der Waals surface area contributed by atoms with Gasteiger partial charge < -0.3 is 15.7 Å². The van der Waals surface area contributed by atoms with E-state index in [0.29, 0.717) is 18.5 Å². The molecule has 1 aliphatic carbocycles. The number of carboxylic acids is 1. The molecule has 7 nitrogen and oxygen atoms in total. The molecule has 0 aromatic heterocycles. The summed E-state index contributed by atoms with van der Waals surface area (Å²) >= 11 is 0. The Morgan fingerprint density at radius 2 is 1.88 bits per heavy atom. The molecule has 1 fully saturated rings. The number of amides is 2. The normalized spacial score (nSPS) is 15.7. The summed E-state index contributed by atoms with van der Waals surface area (Å²) in [6.07, 6.45) is 4.10. The molecular formula is C16H22N2O5S. The number of carbonyl (C=O) groups is 2. The van der Waals surface area contributed by atoms with Crippen molar-refractivity contribution in [2.45, 2.75) is 48.7 Å². The second kappa shape index (κ2) is 8.14. The van der Waals surface area contributed by atoms with Gasteiger partial charge in [0.05, 0.1) is 16.6 Å². The summed E-state index contributed by atoms with van der Waals surface area (Å²) in [5.41, 5.74) is 0.361. The van der Waals surface area contributed by atoms with Gasteiger partial charge in [-0.15, -0.1) is 0 Å². The van der Waals surface area contributed by atoms with E-state index in [1.165, 1.54) is 12.1 Å². The molecule has 2 rings (SSSR count). The Morgan fingerprint density at radius 3 is 2.54 bits per heavy atom. The number of anilines is 1. The molecule has 0 spiro atoms. The minimum Gasteiger partial charge on any atom is -0.481 e. The number of aliphatic carboxylic acids is 1. The summed E-state index contributed by atoms with van der Waals surface area (Å²) in [5, 5.41) is 13.1. The molecule has 1 aromatic carbocycles. The van der Waals surface area contributed by atoms with Gasteiger partial charge in [0.15, 0.2) is 9.84 Å². The number of hydrogen-bond donors (Lipinski definition) is 3. The first-order valence-electron chi connectivity index (χ1n) is 8.00. The van der Waals surface area contributed by atoms with Crippen LogP contribution in [0.4, 0.5) is 10.5 Å². The predicted octanol–water partition coefficient (Wildman–Crippen LogP) is 2.39. The monoisotopic (exact) mass is 354 g/mol. The molecule has 24 heavy (non-hydrogen) atoms. The van der Waals surface area contributed by atoms with Gasteiger partial charge in [-0.3, -0.25) is 4.79 Å². The van der Waals surface area contributed by atoms with Crippen molar-refractivity contribution in [1.82, 2.24) is 5.32 Å². The Bertz CT molecular complexity index is 696. The molecule has 2 amide bonds. The highest BCUT2D eigenvalue weighted by Crippen LogP contribution is 2.29. The molecule has 1 aliphatic rings. The fraction of sp³-hybridized carbons (Fsp3) is 0.500. The van der Waals surface area contributed by atoms with E-state index >= 15 is 0 Å².